The summed E-state index contributed by atoms with van der Waals surface area (Å²) in [7, 11) is 0. The van der Waals surface area contributed by atoms with Crippen molar-refractivity contribution in [2.24, 2.45) is 0 Å². The first kappa shape index (κ1) is 17.3. The first-order valence-electron chi connectivity index (χ1n) is 9.28. The molecule has 0 aliphatic carbocycles. The Morgan fingerprint density at radius 1 is 1.23 bits per heavy atom. The van der Waals surface area contributed by atoms with E-state index in [-0.39, 0.29) is 11.9 Å². The normalized spacial score (nSPS) is 17.9. The van der Waals surface area contributed by atoms with Crippen molar-refractivity contribution in [2.45, 2.75) is 46.4 Å². The molecule has 7 heteroatoms. The highest BCUT2D eigenvalue weighted by Gasteiger charge is 2.33. The van der Waals surface area contributed by atoms with Gasteiger partial charge in [-0.15, -0.1) is 0 Å². The standard InChI is InChI=1S/C19H26N4O3/c1-13(2)23-17-12-22(19(24)18-5-4-14(3)26-18)10-15(17)16(20-23)11-21-6-8-25-9-7-21/h4-5,13H,6-12H2,1-3H3. The molecule has 4 rings (SSSR count). The maximum atomic E-state index is 12.8. The SMILES string of the molecule is Cc1ccc(C(=O)N2Cc3c(CN4CCOCC4)nn(C(C)C)c3C2)o1. The Balaban J connectivity index is 1.57. The van der Waals surface area contributed by atoms with Crippen LogP contribution in [0.15, 0.2) is 16.5 Å². The molecule has 0 spiro atoms. The second kappa shape index (κ2) is 6.89. The Bertz CT molecular complexity index is 802. The Kier molecular flexibility index (Phi) is 4.58. The van der Waals surface area contributed by atoms with E-state index in [2.05, 4.69) is 23.4 Å². The van der Waals surface area contributed by atoms with E-state index in [9.17, 15) is 4.79 Å². The fourth-order valence-corrected chi connectivity index (χ4v) is 3.71. The average Bonchev–Trinajstić information content (AvgIpc) is 3.31. The Hall–Kier alpha value is -2.12. The van der Waals surface area contributed by atoms with E-state index in [1.54, 1.807) is 6.07 Å². The second-order valence-corrected chi connectivity index (χ2v) is 7.37. The Morgan fingerprint density at radius 2 is 2.00 bits per heavy atom. The minimum atomic E-state index is -0.0538. The van der Waals surface area contributed by atoms with Crippen molar-refractivity contribution >= 4 is 5.91 Å². The lowest BCUT2D eigenvalue weighted by Crippen LogP contribution is -2.36. The van der Waals surface area contributed by atoms with Gasteiger partial charge in [0.15, 0.2) is 5.76 Å². The van der Waals surface area contributed by atoms with Crippen LogP contribution in [0.1, 0.15) is 53.2 Å². The molecule has 26 heavy (non-hydrogen) atoms. The van der Waals surface area contributed by atoms with Crippen molar-refractivity contribution in [3.63, 3.8) is 0 Å². The number of hydrogen-bond donors (Lipinski definition) is 0. The van der Waals surface area contributed by atoms with Gasteiger partial charge in [0, 0.05) is 31.2 Å². The molecule has 0 unspecified atom stereocenters. The Labute approximate surface area is 153 Å². The van der Waals surface area contributed by atoms with Crippen LogP contribution in [0.4, 0.5) is 0 Å². The van der Waals surface area contributed by atoms with E-state index >= 15 is 0 Å². The maximum absolute atomic E-state index is 12.8. The summed E-state index contributed by atoms with van der Waals surface area (Å²) in [6, 6.07) is 3.85. The van der Waals surface area contributed by atoms with Gasteiger partial charge in [-0.2, -0.15) is 5.10 Å². The molecule has 2 aromatic heterocycles. The third-order valence-electron chi connectivity index (χ3n) is 5.10. The third kappa shape index (κ3) is 3.17. The molecule has 0 radical (unpaired) electrons. The lowest BCUT2D eigenvalue weighted by atomic mass is 10.2. The van der Waals surface area contributed by atoms with E-state index in [0.29, 0.717) is 18.8 Å². The van der Waals surface area contributed by atoms with Crippen molar-refractivity contribution in [1.82, 2.24) is 19.6 Å². The molecule has 0 aromatic carbocycles. The number of morpholine rings is 1. The summed E-state index contributed by atoms with van der Waals surface area (Å²) in [4.78, 5) is 17.0. The van der Waals surface area contributed by atoms with Crippen molar-refractivity contribution in [3.05, 3.63) is 40.6 Å². The highest BCUT2D eigenvalue weighted by Crippen LogP contribution is 2.30. The quantitative estimate of drug-likeness (QED) is 0.839. The third-order valence-corrected chi connectivity index (χ3v) is 5.10. The number of carbonyl (C=O) groups excluding carboxylic acids is 1. The summed E-state index contributed by atoms with van der Waals surface area (Å²) >= 11 is 0. The van der Waals surface area contributed by atoms with Crippen molar-refractivity contribution in [2.75, 3.05) is 26.3 Å². The summed E-state index contributed by atoms with van der Waals surface area (Å²) in [6.45, 7) is 11.5. The highest BCUT2D eigenvalue weighted by atomic mass is 16.5. The molecule has 1 amide bonds. The van der Waals surface area contributed by atoms with E-state index < -0.39 is 0 Å². The summed E-state index contributed by atoms with van der Waals surface area (Å²) in [5.41, 5.74) is 3.43. The van der Waals surface area contributed by atoms with Crippen LogP contribution < -0.4 is 0 Å². The second-order valence-electron chi connectivity index (χ2n) is 7.37. The summed E-state index contributed by atoms with van der Waals surface area (Å²) in [5, 5.41) is 4.87. The molecule has 4 heterocycles. The van der Waals surface area contributed by atoms with Gasteiger partial charge < -0.3 is 14.1 Å². The zero-order valence-corrected chi connectivity index (χ0v) is 15.7. The van der Waals surface area contributed by atoms with Crippen LogP contribution in [0.25, 0.3) is 0 Å². The van der Waals surface area contributed by atoms with E-state index in [4.69, 9.17) is 14.3 Å². The van der Waals surface area contributed by atoms with E-state index in [1.807, 2.05) is 17.9 Å². The molecule has 1 fully saturated rings. The minimum absolute atomic E-state index is 0.0538. The smallest absolute Gasteiger partial charge is 0.290 e. The number of amides is 1. The van der Waals surface area contributed by atoms with Crippen LogP contribution in [-0.4, -0.2) is 51.8 Å². The van der Waals surface area contributed by atoms with E-state index in [1.165, 1.54) is 5.56 Å². The van der Waals surface area contributed by atoms with Crippen LogP contribution >= 0.6 is 0 Å². The summed E-state index contributed by atoms with van der Waals surface area (Å²) in [5.74, 6) is 1.11. The van der Waals surface area contributed by atoms with Crippen molar-refractivity contribution in [1.29, 1.82) is 0 Å². The largest absolute Gasteiger partial charge is 0.456 e. The number of aryl methyl sites for hydroxylation is 1. The predicted octanol–water partition coefficient (Wildman–Crippen LogP) is 2.35. The molecule has 0 atom stereocenters. The van der Waals surface area contributed by atoms with Gasteiger partial charge in [-0.3, -0.25) is 14.4 Å². The van der Waals surface area contributed by atoms with Crippen molar-refractivity contribution in [3.8, 4) is 0 Å². The minimum Gasteiger partial charge on any atom is -0.456 e. The number of ether oxygens (including phenoxy) is 1. The van der Waals surface area contributed by atoms with Crippen LogP contribution in [0.3, 0.4) is 0 Å². The molecule has 0 bridgehead atoms. The zero-order chi connectivity index (χ0) is 18.3. The number of carbonyl (C=O) groups is 1. The molecule has 0 N–H and O–H groups in total. The average molecular weight is 358 g/mol. The Morgan fingerprint density at radius 3 is 2.65 bits per heavy atom. The predicted molar refractivity (Wildman–Crippen MR) is 95.7 cm³/mol. The first-order chi connectivity index (χ1) is 12.5. The van der Waals surface area contributed by atoms with Gasteiger partial charge in [0.1, 0.15) is 5.76 Å². The molecule has 0 saturated carbocycles. The fraction of sp³-hybridized carbons (Fsp3) is 0.579. The number of rotatable bonds is 4. The van der Waals surface area contributed by atoms with Crippen LogP contribution in [0.2, 0.25) is 0 Å². The van der Waals surface area contributed by atoms with Gasteiger partial charge in [0.2, 0.25) is 0 Å². The number of nitrogens with zero attached hydrogens (tertiary/aromatic N) is 4. The molecule has 7 nitrogen and oxygen atoms in total. The van der Waals surface area contributed by atoms with Gasteiger partial charge >= 0.3 is 0 Å². The maximum Gasteiger partial charge on any atom is 0.290 e. The van der Waals surface area contributed by atoms with Gasteiger partial charge in [-0.1, -0.05) is 0 Å². The van der Waals surface area contributed by atoms with Crippen LogP contribution in [-0.2, 0) is 24.4 Å². The first-order valence-corrected chi connectivity index (χ1v) is 9.28. The molecular formula is C19H26N4O3. The molecule has 2 aliphatic heterocycles. The number of hydrogen-bond acceptors (Lipinski definition) is 5. The summed E-state index contributed by atoms with van der Waals surface area (Å²) in [6.07, 6.45) is 0. The van der Waals surface area contributed by atoms with Crippen LogP contribution in [0.5, 0.6) is 0 Å². The lowest BCUT2D eigenvalue weighted by Gasteiger charge is -2.26. The topological polar surface area (TPSA) is 63.7 Å². The van der Waals surface area contributed by atoms with Crippen LogP contribution in [0, 0.1) is 6.92 Å². The summed E-state index contributed by atoms with van der Waals surface area (Å²) < 4.78 is 13.0. The van der Waals surface area contributed by atoms with Gasteiger partial charge in [0.05, 0.1) is 37.7 Å². The highest BCUT2D eigenvalue weighted by molar-refractivity contribution is 5.91. The number of fused-ring (bicyclic) bond motifs is 1. The van der Waals surface area contributed by atoms with Gasteiger partial charge in [-0.25, -0.2) is 0 Å². The monoisotopic (exact) mass is 358 g/mol. The molecule has 140 valence electrons. The zero-order valence-electron chi connectivity index (χ0n) is 15.7. The number of aromatic nitrogens is 2. The van der Waals surface area contributed by atoms with Gasteiger partial charge in [0.25, 0.3) is 5.91 Å². The molecular weight excluding hydrogens is 332 g/mol. The van der Waals surface area contributed by atoms with Crippen molar-refractivity contribution < 1.29 is 13.9 Å². The number of furan rings is 1. The van der Waals surface area contributed by atoms with Gasteiger partial charge in [-0.05, 0) is 32.9 Å². The van der Waals surface area contributed by atoms with E-state index in [0.717, 1.165) is 50.0 Å². The molecule has 2 aliphatic rings. The fourth-order valence-electron chi connectivity index (χ4n) is 3.71. The molecule has 2 aromatic rings. The molecule has 1 saturated heterocycles. The lowest BCUT2D eigenvalue weighted by molar-refractivity contribution is 0.0333.